The smallest absolute Gasteiger partial charge is 0.313 e. The van der Waals surface area contributed by atoms with Gasteiger partial charge in [0.25, 0.3) is 0 Å². The highest BCUT2D eigenvalue weighted by atomic mass is 16.5. The lowest BCUT2D eigenvalue weighted by molar-refractivity contribution is -0.146. The fraction of sp³-hybridized carbons (Fsp3) is 0.400. The van der Waals surface area contributed by atoms with Crippen LogP contribution < -0.4 is 4.90 Å². The molecule has 1 saturated carbocycles. The molecule has 4 nitrogen and oxygen atoms in total. The van der Waals surface area contributed by atoms with Gasteiger partial charge in [0.05, 0.1) is 18.2 Å². The van der Waals surface area contributed by atoms with Gasteiger partial charge < -0.3 is 14.1 Å². The molecule has 0 N–H and O–H groups in total. The van der Waals surface area contributed by atoms with Crippen molar-refractivity contribution in [2.24, 2.45) is 5.41 Å². The van der Waals surface area contributed by atoms with E-state index in [1.807, 2.05) is 31.3 Å². The Kier molecular flexibility index (Phi) is 2.73. The number of benzene rings is 1. The number of rotatable bonds is 4. The van der Waals surface area contributed by atoms with Gasteiger partial charge in [0.2, 0.25) is 0 Å². The van der Waals surface area contributed by atoms with Gasteiger partial charge in [-0.2, -0.15) is 0 Å². The summed E-state index contributed by atoms with van der Waals surface area (Å²) in [6, 6.07) is 7.91. The number of anilines is 1. The summed E-state index contributed by atoms with van der Waals surface area (Å²) in [5.74, 6) is -0.104. The summed E-state index contributed by atoms with van der Waals surface area (Å²) in [5.41, 5.74) is 1.57. The van der Waals surface area contributed by atoms with Gasteiger partial charge >= 0.3 is 5.97 Å². The Hall–Kier alpha value is -1.97. The minimum Gasteiger partial charge on any atom is -0.469 e. The molecule has 1 aromatic carbocycles. The van der Waals surface area contributed by atoms with E-state index < -0.39 is 0 Å². The summed E-state index contributed by atoms with van der Waals surface area (Å²) >= 11 is 0. The molecule has 1 aliphatic rings. The third-order valence-electron chi connectivity index (χ3n) is 3.88. The van der Waals surface area contributed by atoms with Crippen LogP contribution >= 0.6 is 0 Å². The highest BCUT2D eigenvalue weighted by Crippen LogP contribution is 2.48. The van der Waals surface area contributed by atoms with E-state index in [9.17, 15) is 4.79 Å². The van der Waals surface area contributed by atoms with Gasteiger partial charge in [0, 0.05) is 19.0 Å². The number of ether oxygens (including phenoxy) is 1. The van der Waals surface area contributed by atoms with E-state index in [2.05, 4.69) is 4.90 Å². The number of fused-ring (bicyclic) bond motifs is 1. The number of carbonyl (C=O) groups is 1. The van der Waals surface area contributed by atoms with Crippen molar-refractivity contribution in [3.63, 3.8) is 0 Å². The van der Waals surface area contributed by atoms with Crippen molar-refractivity contribution in [3.8, 4) is 0 Å². The Morgan fingerprint density at radius 2 is 2.16 bits per heavy atom. The van der Waals surface area contributed by atoms with Gasteiger partial charge in [-0.15, -0.1) is 0 Å². The maximum atomic E-state index is 11.8. The van der Waals surface area contributed by atoms with E-state index >= 15 is 0 Å². The number of nitrogens with zero attached hydrogens (tertiary/aromatic N) is 1. The molecule has 0 spiro atoms. The van der Waals surface area contributed by atoms with E-state index in [-0.39, 0.29) is 11.4 Å². The van der Waals surface area contributed by atoms with E-state index in [4.69, 9.17) is 9.15 Å². The second-order valence-electron chi connectivity index (χ2n) is 5.25. The average Bonchev–Trinajstić information content (AvgIpc) is 3.08. The number of para-hydroxylation sites is 1. The Labute approximate surface area is 111 Å². The predicted molar refractivity (Wildman–Crippen MR) is 73.2 cm³/mol. The lowest BCUT2D eigenvalue weighted by Gasteiger charge is -2.22. The molecule has 1 fully saturated rings. The first kappa shape index (κ1) is 12.1. The Balaban J connectivity index is 1.85. The van der Waals surface area contributed by atoms with Crippen LogP contribution in [0.15, 0.2) is 34.9 Å². The van der Waals surface area contributed by atoms with Crippen LogP contribution in [0.5, 0.6) is 0 Å². The third-order valence-corrected chi connectivity index (χ3v) is 3.88. The van der Waals surface area contributed by atoms with Gasteiger partial charge in [-0.1, -0.05) is 12.1 Å². The summed E-state index contributed by atoms with van der Waals surface area (Å²) in [5, 5.41) is 1.07. The van der Waals surface area contributed by atoms with Crippen LogP contribution in [0.25, 0.3) is 11.0 Å². The second-order valence-corrected chi connectivity index (χ2v) is 5.25. The molecular formula is C15H17NO3. The lowest BCUT2D eigenvalue weighted by Crippen LogP contribution is -2.32. The fourth-order valence-electron chi connectivity index (χ4n) is 2.59. The molecule has 1 aromatic heterocycles. The molecule has 0 saturated heterocycles. The van der Waals surface area contributed by atoms with Crippen LogP contribution in [0.4, 0.5) is 5.69 Å². The zero-order chi connectivity index (χ0) is 13.5. The van der Waals surface area contributed by atoms with Crippen molar-refractivity contribution in [1.29, 1.82) is 0 Å². The molecule has 2 aromatic rings. The number of hydrogen-bond donors (Lipinski definition) is 0. The van der Waals surface area contributed by atoms with Crippen molar-refractivity contribution in [1.82, 2.24) is 0 Å². The summed E-state index contributed by atoms with van der Waals surface area (Å²) in [6.45, 7) is 0.670. The van der Waals surface area contributed by atoms with Crippen molar-refractivity contribution in [3.05, 3.63) is 30.5 Å². The molecule has 0 bridgehead atoms. The van der Waals surface area contributed by atoms with Crippen LogP contribution in [-0.4, -0.2) is 26.7 Å². The molecule has 0 aliphatic heterocycles. The van der Waals surface area contributed by atoms with Crippen LogP contribution in [0, 0.1) is 5.41 Å². The number of esters is 1. The van der Waals surface area contributed by atoms with E-state index in [0.29, 0.717) is 6.54 Å². The molecule has 100 valence electrons. The molecule has 19 heavy (non-hydrogen) atoms. The molecule has 3 rings (SSSR count). The maximum Gasteiger partial charge on any atom is 0.313 e. The third kappa shape index (κ3) is 1.97. The van der Waals surface area contributed by atoms with Gasteiger partial charge in [-0.05, 0) is 25.0 Å². The number of methoxy groups -OCH3 is 1. The van der Waals surface area contributed by atoms with Crippen molar-refractivity contribution < 1.29 is 13.9 Å². The standard InChI is InChI=1S/C15H17NO3/c1-16(10-15(7-8-15)14(17)18-2)12-9-19-13-6-4-3-5-11(12)13/h3-6,9H,7-8,10H2,1-2H3. The normalized spacial score (nSPS) is 16.3. The molecule has 4 heteroatoms. The monoisotopic (exact) mass is 259 g/mol. The average molecular weight is 259 g/mol. The Morgan fingerprint density at radius 3 is 2.84 bits per heavy atom. The summed E-state index contributed by atoms with van der Waals surface area (Å²) in [4.78, 5) is 13.9. The quantitative estimate of drug-likeness (QED) is 0.792. The largest absolute Gasteiger partial charge is 0.469 e. The molecule has 0 radical (unpaired) electrons. The minimum atomic E-state index is -0.318. The number of furan rings is 1. The Morgan fingerprint density at radius 1 is 1.42 bits per heavy atom. The highest BCUT2D eigenvalue weighted by molar-refractivity contribution is 5.91. The highest BCUT2D eigenvalue weighted by Gasteiger charge is 2.51. The van der Waals surface area contributed by atoms with Gasteiger partial charge in [-0.3, -0.25) is 4.79 Å². The summed E-state index contributed by atoms with van der Waals surface area (Å²) in [7, 11) is 3.44. The molecule has 1 heterocycles. The van der Waals surface area contributed by atoms with Crippen molar-refractivity contribution >= 4 is 22.6 Å². The van der Waals surface area contributed by atoms with Gasteiger partial charge in [-0.25, -0.2) is 0 Å². The van der Waals surface area contributed by atoms with Crippen LogP contribution in [0.3, 0.4) is 0 Å². The fourth-order valence-corrected chi connectivity index (χ4v) is 2.59. The Bertz CT molecular complexity index is 613. The molecule has 0 amide bonds. The van der Waals surface area contributed by atoms with E-state index in [1.165, 1.54) is 7.11 Å². The van der Waals surface area contributed by atoms with Crippen LogP contribution in [-0.2, 0) is 9.53 Å². The van der Waals surface area contributed by atoms with Crippen molar-refractivity contribution in [2.75, 3.05) is 25.6 Å². The lowest BCUT2D eigenvalue weighted by atomic mass is 10.1. The topological polar surface area (TPSA) is 42.7 Å². The van der Waals surface area contributed by atoms with Crippen LogP contribution in [0.2, 0.25) is 0 Å². The maximum absolute atomic E-state index is 11.8. The van der Waals surface area contributed by atoms with Crippen molar-refractivity contribution in [2.45, 2.75) is 12.8 Å². The SMILES string of the molecule is COC(=O)C1(CN(C)c2coc3ccccc23)CC1. The van der Waals surface area contributed by atoms with Crippen LogP contribution in [0.1, 0.15) is 12.8 Å². The summed E-state index contributed by atoms with van der Waals surface area (Å²) < 4.78 is 10.4. The second kappa shape index (κ2) is 4.30. The van der Waals surface area contributed by atoms with Gasteiger partial charge in [0.1, 0.15) is 11.8 Å². The predicted octanol–water partition coefficient (Wildman–Crippen LogP) is 2.82. The van der Waals surface area contributed by atoms with Gasteiger partial charge in [0.15, 0.2) is 0 Å². The first-order chi connectivity index (χ1) is 9.16. The first-order valence-electron chi connectivity index (χ1n) is 6.42. The summed E-state index contributed by atoms with van der Waals surface area (Å²) in [6.07, 6.45) is 3.55. The molecule has 1 aliphatic carbocycles. The first-order valence-corrected chi connectivity index (χ1v) is 6.42. The number of hydrogen-bond acceptors (Lipinski definition) is 4. The molecular weight excluding hydrogens is 242 g/mol. The molecule has 0 atom stereocenters. The van der Waals surface area contributed by atoms with E-state index in [0.717, 1.165) is 29.5 Å². The molecule has 0 unspecified atom stereocenters. The van der Waals surface area contributed by atoms with E-state index in [1.54, 1.807) is 6.26 Å². The number of carbonyl (C=O) groups excluding carboxylic acids is 1. The zero-order valence-corrected chi connectivity index (χ0v) is 11.2. The minimum absolute atomic E-state index is 0.104. The zero-order valence-electron chi connectivity index (χ0n) is 11.2.